The fourth-order valence-electron chi connectivity index (χ4n) is 2.00. The monoisotopic (exact) mass is 323 g/mol. The molecule has 1 amide bonds. The highest BCUT2D eigenvalue weighted by Gasteiger charge is 2.26. The average Bonchev–Trinajstić information content (AvgIpc) is 2.50. The highest BCUT2D eigenvalue weighted by Crippen LogP contribution is 2.21. The Morgan fingerprint density at radius 2 is 1.83 bits per heavy atom. The number of carboxylic acid groups (broad SMARTS) is 1. The van der Waals surface area contributed by atoms with Gasteiger partial charge in [-0.2, -0.15) is 0 Å². The number of rotatable bonds is 8. The summed E-state index contributed by atoms with van der Waals surface area (Å²) in [7, 11) is 0. The van der Waals surface area contributed by atoms with Crippen LogP contribution < -0.4 is 5.32 Å². The van der Waals surface area contributed by atoms with E-state index in [-0.39, 0.29) is 24.8 Å². The Bertz CT molecular complexity index is 586. The number of nitrogens with one attached hydrogen (secondary N) is 1. The van der Waals surface area contributed by atoms with Crippen LogP contribution in [-0.2, 0) is 9.53 Å². The molecule has 0 spiro atoms. The lowest BCUT2D eigenvalue weighted by atomic mass is 9.87. The van der Waals surface area contributed by atoms with Crippen molar-refractivity contribution < 1.29 is 24.2 Å². The summed E-state index contributed by atoms with van der Waals surface area (Å²) in [6.07, 6.45) is 4.02. The summed E-state index contributed by atoms with van der Waals surface area (Å²) in [6.45, 7) is 5.74. The summed E-state index contributed by atoms with van der Waals surface area (Å²) < 4.78 is 4.92. The molecule has 0 aliphatic carbocycles. The van der Waals surface area contributed by atoms with Crippen molar-refractivity contribution in [2.45, 2.75) is 33.6 Å². The smallest absolute Gasteiger partial charge is 0.359 e. The van der Waals surface area contributed by atoms with Gasteiger partial charge < -0.3 is 15.2 Å². The Morgan fingerprint density at radius 1 is 1.22 bits per heavy atom. The molecule has 8 heteroatoms. The van der Waals surface area contributed by atoms with Crippen LogP contribution >= 0.6 is 0 Å². The molecule has 0 aromatic carbocycles. The first-order valence-electron chi connectivity index (χ1n) is 7.29. The van der Waals surface area contributed by atoms with E-state index in [4.69, 9.17) is 9.84 Å². The fourth-order valence-corrected chi connectivity index (χ4v) is 2.00. The van der Waals surface area contributed by atoms with Gasteiger partial charge in [0.1, 0.15) is 6.61 Å². The van der Waals surface area contributed by atoms with Crippen LogP contribution in [0.1, 0.15) is 54.6 Å². The van der Waals surface area contributed by atoms with Gasteiger partial charge in [0, 0.05) is 17.8 Å². The molecule has 0 aliphatic heterocycles. The standard InChI is InChI=1S/C15H21N3O5/c1-4-5-15(2,3)14(22)18-8-9-23-13(21)11-10(12(19)20)16-6-7-17-11/h6-7H,4-5,8-9H2,1-3H3,(H,18,22)(H,19,20). The second-order valence-electron chi connectivity index (χ2n) is 5.58. The van der Waals surface area contributed by atoms with E-state index in [1.54, 1.807) is 0 Å². The number of nitrogens with zero attached hydrogens (tertiary/aromatic N) is 2. The number of carbonyl (C=O) groups is 3. The van der Waals surface area contributed by atoms with Crippen molar-refractivity contribution in [1.29, 1.82) is 0 Å². The van der Waals surface area contributed by atoms with Crippen molar-refractivity contribution in [1.82, 2.24) is 15.3 Å². The Hall–Kier alpha value is -2.51. The molecule has 1 rings (SSSR count). The molecule has 2 N–H and O–H groups in total. The molecule has 0 saturated heterocycles. The van der Waals surface area contributed by atoms with E-state index in [0.29, 0.717) is 0 Å². The topological polar surface area (TPSA) is 118 Å². The molecule has 0 bridgehead atoms. The van der Waals surface area contributed by atoms with Crippen LogP contribution in [0.2, 0.25) is 0 Å². The molecule has 0 atom stereocenters. The number of carboxylic acids is 1. The lowest BCUT2D eigenvalue weighted by Gasteiger charge is -2.22. The zero-order chi connectivity index (χ0) is 17.5. The maximum Gasteiger partial charge on any atom is 0.359 e. The summed E-state index contributed by atoms with van der Waals surface area (Å²) in [5.74, 6) is -2.38. The Morgan fingerprint density at radius 3 is 2.39 bits per heavy atom. The van der Waals surface area contributed by atoms with Gasteiger partial charge in [0.2, 0.25) is 5.91 Å². The summed E-state index contributed by atoms with van der Waals surface area (Å²) in [5, 5.41) is 11.6. The second kappa shape index (κ2) is 8.21. The van der Waals surface area contributed by atoms with Crippen molar-refractivity contribution in [3.63, 3.8) is 0 Å². The van der Waals surface area contributed by atoms with Crippen molar-refractivity contribution in [3.05, 3.63) is 23.8 Å². The molecule has 0 fully saturated rings. The predicted molar refractivity (Wildman–Crippen MR) is 81.0 cm³/mol. The van der Waals surface area contributed by atoms with Gasteiger partial charge in [-0.05, 0) is 6.42 Å². The minimum atomic E-state index is -1.36. The van der Waals surface area contributed by atoms with Crippen molar-refractivity contribution in [3.8, 4) is 0 Å². The number of carbonyl (C=O) groups excluding carboxylic acids is 2. The fraction of sp³-hybridized carbons (Fsp3) is 0.533. The van der Waals surface area contributed by atoms with Crippen LogP contribution in [0.5, 0.6) is 0 Å². The van der Waals surface area contributed by atoms with Gasteiger partial charge in [-0.3, -0.25) is 4.79 Å². The minimum Gasteiger partial charge on any atom is -0.476 e. The van der Waals surface area contributed by atoms with E-state index >= 15 is 0 Å². The molecular weight excluding hydrogens is 302 g/mol. The Labute approximate surface area is 134 Å². The maximum absolute atomic E-state index is 12.0. The normalized spacial score (nSPS) is 10.9. The van der Waals surface area contributed by atoms with Gasteiger partial charge in [0.15, 0.2) is 11.4 Å². The Kier molecular flexibility index (Phi) is 6.62. The van der Waals surface area contributed by atoms with Gasteiger partial charge >= 0.3 is 11.9 Å². The third-order valence-electron chi connectivity index (χ3n) is 3.20. The molecule has 1 aromatic rings. The number of esters is 1. The molecule has 126 valence electrons. The van der Waals surface area contributed by atoms with E-state index < -0.39 is 23.0 Å². The number of hydrogen-bond donors (Lipinski definition) is 2. The highest BCUT2D eigenvalue weighted by atomic mass is 16.5. The van der Waals surface area contributed by atoms with Crippen LogP contribution in [0.25, 0.3) is 0 Å². The summed E-state index contributed by atoms with van der Waals surface area (Å²) in [5.41, 5.74) is -1.32. The van der Waals surface area contributed by atoms with E-state index in [0.717, 1.165) is 12.8 Å². The van der Waals surface area contributed by atoms with Crippen LogP contribution in [0.3, 0.4) is 0 Å². The number of aromatic carboxylic acids is 1. The van der Waals surface area contributed by atoms with E-state index in [1.807, 2.05) is 20.8 Å². The number of ether oxygens (including phenoxy) is 1. The van der Waals surface area contributed by atoms with Gasteiger partial charge in [-0.25, -0.2) is 19.6 Å². The zero-order valence-corrected chi connectivity index (χ0v) is 13.5. The zero-order valence-electron chi connectivity index (χ0n) is 13.5. The van der Waals surface area contributed by atoms with Crippen molar-refractivity contribution in [2.75, 3.05) is 13.2 Å². The van der Waals surface area contributed by atoms with Gasteiger partial charge in [0.25, 0.3) is 0 Å². The number of hydrogen-bond acceptors (Lipinski definition) is 6. The lowest BCUT2D eigenvalue weighted by Crippen LogP contribution is -2.38. The molecule has 0 radical (unpaired) electrons. The minimum absolute atomic E-state index is 0.0809. The maximum atomic E-state index is 12.0. The van der Waals surface area contributed by atoms with E-state index in [1.165, 1.54) is 12.4 Å². The van der Waals surface area contributed by atoms with E-state index in [2.05, 4.69) is 15.3 Å². The van der Waals surface area contributed by atoms with Gasteiger partial charge in [0.05, 0.1) is 6.54 Å². The quantitative estimate of drug-likeness (QED) is 0.546. The highest BCUT2D eigenvalue weighted by molar-refractivity contribution is 5.99. The first kappa shape index (κ1) is 18.5. The summed E-state index contributed by atoms with van der Waals surface area (Å²) in [6, 6.07) is 0. The molecule has 23 heavy (non-hydrogen) atoms. The third-order valence-corrected chi connectivity index (χ3v) is 3.20. The van der Waals surface area contributed by atoms with Gasteiger partial charge in [-0.15, -0.1) is 0 Å². The molecule has 0 unspecified atom stereocenters. The Balaban J connectivity index is 2.50. The largest absolute Gasteiger partial charge is 0.476 e. The van der Waals surface area contributed by atoms with Crippen LogP contribution in [0, 0.1) is 5.41 Å². The third kappa shape index (κ3) is 5.32. The SMILES string of the molecule is CCCC(C)(C)C(=O)NCCOC(=O)c1nccnc1C(=O)O. The lowest BCUT2D eigenvalue weighted by molar-refractivity contribution is -0.129. The molecule has 1 heterocycles. The molecule has 0 aliphatic rings. The summed E-state index contributed by atoms with van der Waals surface area (Å²) in [4.78, 5) is 42.0. The van der Waals surface area contributed by atoms with Crippen LogP contribution in [0.15, 0.2) is 12.4 Å². The van der Waals surface area contributed by atoms with Gasteiger partial charge in [-0.1, -0.05) is 27.2 Å². The van der Waals surface area contributed by atoms with Crippen LogP contribution in [-0.4, -0.2) is 46.1 Å². The van der Waals surface area contributed by atoms with Crippen LogP contribution in [0.4, 0.5) is 0 Å². The van der Waals surface area contributed by atoms with Crippen molar-refractivity contribution in [2.24, 2.45) is 5.41 Å². The molecule has 0 saturated carbocycles. The number of amides is 1. The first-order valence-corrected chi connectivity index (χ1v) is 7.29. The molecule has 8 nitrogen and oxygen atoms in total. The number of aromatic nitrogens is 2. The van der Waals surface area contributed by atoms with Crippen molar-refractivity contribution >= 4 is 17.8 Å². The van der Waals surface area contributed by atoms with E-state index in [9.17, 15) is 14.4 Å². The first-order chi connectivity index (χ1) is 10.8. The second-order valence-corrected chi connectivity index (χ2v) is 5.58. The average molecular weight is 323 g/mol. The molecule has 1 aromatic heterocycles. The molecular formula is C15H21N3O5. The summed E-state index contributed by atoms with van der Waals surface area (Å²) >= 11 is 0. The predicted octanol–water partition coefficient (Wildman–Crippen LogP) is 1.27.